The van der Waals surface area contributed by atoms with Crippen molar-refractivity contribution in [1.29, 1.82) is 5.26 Å². The van der Waals surface area contributed by atoms with E-state index in [0.717, 1.165) is 5.69 Å². The number of hydrogen-bond acceptors (Lipinski definition) is 4. The topological polar surface area (TPSA) is 67.6 Å². The summed E-state index contributed by atoms with van der Waals surface area (Å²) in [6, 6.07) is 11.2. The monoisotopic (exact) mass is 259 g/mol. The largest absolute Gasteiger partial charge is 0.388 e. The molecule has 5 nitrogen and oxygen atoms in total. The molecule has 0 bridgehead atoms. The van der Waals surface area contributed by atoms with Crippen LogP contribution in [0.2, 0.25) is 0 Å². The smallest absolute Gasteiger partial charge is 0.242 e. The molecule has 0 atom stereocenters. The first-order valence-electron chi connectivity index (χ1n) is 6.19. The second-order valence-electron chi connectivity index (χ2n) is 5.12. The van der Waals surface area contributed by atoms with Gasteiger partial charge in [0.25, 0.3) is 0 Å². The van der Waals surface area contributed by atoms with Gasteiger partial charge in [-0.2, -0.15) is 5.26 Å². The molecule has 1 amide bonds. The van der Waals surface area contributed by atoms with Crippen LogP contribution in [0, 0.1) is 11.3 Å². The van der Waals surface area contributed by atoms with E-state index in [4.69, 9.17) is 5.26 Å². The van der Waals surface area contributed by atoms with Crippen molar-refractivity contribution in [1.82, 2.24) is 4.90 Å². The molecule has 0 radical (unpaired) electrons. The van der Waals surface area contributed by atoms with E-state index in [1.54, 1.807) is 6.92 Å². The maximum absolute atomic E-state index is 12.2. The summed E-state index contributed by atoms with van der Waals surface area (Å²) in [4.78, 5) is 15.5. The summed E-state index contributed by atoms with van der Waals surface area (Å²) >= 11 is 0. The Bertz CT molecular complexity index is 485. The number of anilines is 1. The quantitative estimate of drug-likeness (QED) is 0.804. The number of likely N-dealkylation sites (tertiary alicyclic amines) is 1. The van der Waals surface area contributed by atoms with E-state index in [1.807, 2.05) is 41.3 Å². The molecule has 1 saturated heterocycles. The first-order chi connectivity index (χ1) is 9.02. The van der Waals surface area contributed by atoms with Crippen molar-refractivity contribution in [2.24, 2.45) is 0 Å². The fourth-order valence-electron chi connectivity index (χ4n) is 2.31. The van der Waals surface area contributed by atoms with E-state index in [2.05, 4.69) is 0 Å². The summed E-state index contributed by atoms with van der Waals surface area (Å²) in [6.45, 7) is 3.00. The molecule has 2 rings (SSSR count). The van der Waals surface area contributed by atoms with E-state index < -0.39 is 5.60 Å². The summed E-state index contributed by atoms with van der Waals surface area (Å²) in [7, 11) is 0. The highest BCUT2D eigenvalue weighted by Crippen LogP contribution is 2.20. The van der Waals surface area contributed by atoms with Crippen LogP contribution in [0.25, 0.3) is 0 Å². The number of nitrogens with zero attached hydrogens (tertiary/aromatic N) is 3. The van der Waals surface area contributed by atoms with Crippen LogP contribution in [-0.4, -0.2) is 47.7 Å². The van der Waals surface area contributed by atoms with Crippen LogP contribution in [0.1, 0.15) is 6.92 Å². The fourth-order valence-corrected chi connectivity index (χ4v) is 2.31. The number of para-hydroxylation sites is 1. The lowest BCUT2D eigenvalue weighted by Gasteiger charge is -2.44. The number of β-amino-alcohol motifs (C(OH)–C–C–N with tert-alkyl or cyclic N) is 1. The Balaban J connectivity index is 2.00. The van der Waals surface area contributed by atoms with Gasteiger partial charge in [-0.1, -0.05) is 18.2 Å². The lowest BCUT2D eigenvalue weighted by Crippen LogP contribution is -2.61. The third kappa shape index (κ3) is 3.31. The molecule has 1 N–H and O–H groups in total. The maximum Gasteiger partial charge on any atom is 0.242 e. The van der Waals surface area contributed by atoms with Gasteiger partial charge in [-0.25, -0.2) is 0 Å². The zero-order valence-corrected chi connectivity index (χ0v) is 10.9. The van der Waals surface area contributed by atoms with Crippen molar-refractivity contribution < 1.29 is 9.90 Å². The highest BCUT2D eigenvalue weighted by molar-refractivity contribution is 5.95. The number of rotatable bonds is 4. The highest BCUT2D eigenvalue weighted by Gasteiger charge is 2.37. The van der Waals surface area contributed by atoms with Gasteiger partial charge in [-0.3, -0.25) is 14.6 Å². The molecular formula is C14H17N3O2. The van der Waals surface area contributed by atoms with Gasteiger partial charge in [0.15, 0.2) is 0 Å². The van der Waals surface area contributed by atoms with E-state index in [-0.39, 0.29) is 19.0 Å². The minimum atomic E-state index is -0.687. The molecule has 1 aromatic carbocycles. The van der Waals surface area contributed by atoms with Gasteiger partial charge in [0.1, 0.15) is 6.54 Å². The first kappa shape index (κ1) is 13.5. The first-order valence-corrected chi connectivity index (χ1v) is 6.19. The Morgan fingerprint density at radius 3 is 2.63 bits per heavy atom. The normalized spacial score (nSPS) is 17.3. The predicted molar refractivity (Wildman–Crippen MR) is 71.5 cm³/mol. The van der Waals surface area contributed by atoms with Gasteiger partial charge >= 0.3 is 0 Å². The number of amides is 1. The SMILES string of the molecule is CC1(O)CN(CC(=O)N(CC#N)c2ccccc2)C1. The van der Waals surface area contributed by atoms with E-state index >= 15 is 0 Å². The van der Waals surface area contributed by atoms with Crippen LogP contribution in [0.5, 0.6) is 0 Å². The second kappa shape index (κ2) is 5.39. The number of aliphatic hydroxyl groups is 1. The Labute approximate surface area is 112 Å². The molecule has 1 fully saturated rings. The molecule has 19 heavy (non-hydrogen) atoms. The van der Waals surface area contributed by atoms with Crippen molar-refractivity contribution in [2.45, 2.75) is 12.5 Å². The van der Waals surface area contributed by atoms with Gasteiger partial charge in [-0.05, 0) is 19.1 Å². The summed E-state index contributed by atoms with van der Waals surface area (Å²) in [5, 5.41) is 18.5. The average Bonchev–Trinajstić information content (AvgIpc) is 2.34. The Kier molecular flexibility index (Phi) is 3.84. The van der Waals surface area contributed by atoms with Gasteiger partial charge in [0, 0.05) is 18.8 Å². The van der Waals surface area contributed by atoms with Gasteiger partial charge < -0.3 is 5.11 Å². The van der Waals surface area contributed by atoms with E-state index in [0.29, 0.717) is 13.1 Å². The zero-order valence-electron chi connectivity index (χ0n) is 10.9. The molecule has 1 aliphatic heterocycles. The van der Waals surface area contributed by atoms with Crippen molar-refractivity contribution >= 4 is 11.6 Å². The molecule has 0 unspecified atom stereocenters. The number of benzene rings is 1. The molecule has 0 spiro atoms. The molecule has 0 saturated carbocycles. The minimum Gasteiger partial charge on any atom is -0.388 e. The summed E-state index contributed by atoms with van der Waals surface area (Å²) in [5.74, 6) is -0.122. The van der Waals surface area contributed by atoms with Crippen LogP contribution in [0.4, 0.5) is 5.69 Å². The molecule has 5 heteroatoms. The Morgan fingerprint density at radius 2 is 2.11 bits per heavy atom. The third-order valence-corrected chi connectivity index (χ3v) is 3.09. The summed E-state index contributed by atoms with van der Waals surface area (Å²) < 4.78 is 0. The molecule has 100 valence electrons. The second-order valence-corrected chi connectivity index (χ2v) is 5.12. The molecule has 1 heterocycles. The van der Waals surface area contributed by atoms with Crippen LogP contribution in [-0.2, 0) is 4.79 Å². The maximum atomic E-state index is 12.2. The Morgan fingerprint density at radius 1 is 1.47 bits per heavy atom. The lowest BCUT2D eigenvalue weighted by atomic mass is 9.97. The highest BCUT2D eigenvalue weighted by atomic mass is 16.3. The van der Waals surface area contributed by atoms with E-state index in [9.17, 15) is 9.90 Å². The van der Waals surface area contributed by atoms with Crippen molar-refractivity contribution in [2.75, 3.05) is 31.1 Å². The van der Waals surface area contributed by atoms with Gasteiger partial charge in [-0.15, -0.1) is 0 Å². The van der Waals surface area contributed by atoms with Crippen LogP contribution >= 0.6 is 0 Å². The number of nitriles is 1. The molecule has 1 aliphatic rings. The standard InChI is InChI=1S/C14H17N3O2/c1-14(19)10-16(11-14)9-13(18)17(8-7-15)12-5-3-2-4-6-12/h2-6,19H,8-11H2,1H3. The number of carbonyl (C=O) groups is 1. The molecule has 0 aromatic heterocycles. The number of carbonyl (C=O) groups excluding carboxylic acids is 1. The van der Waals surface area contributed by atoms with Crippen LogP contribution < -0.4 is 4.90 Å². The fraction of sp³-hybridized carbons (Fsp3) is 0.429. The van der Waals surface area contributed by atoms with Crippen molar-refractivity contribution in [3.8, 4) is 6.07 Å². The minimum absolute atomic E-state index is 0.0348. The lowest BCUT2D eigenvalue weighted by molar-refractivity contribution is -0.127. The summed E-state index contributed by atoms with van der Waals surface area (Å²) in [5.41, 5.74) is 0.0360. The van der Waals surface area contributed by atoms with Gasteiger partial charge in [0.2, 0.25) is 5.91 Å². The number of hydrogen-bond donors (Lipinski definition) is 1. The molecule has 0 aliphatic carbocycles. The molecular weight excluding hydrogens is 242 g/mol. The van der Waals surface area contributed by atoms with Crippen LogP contribution in [0.15, 0.2) is 30.3 Å². The van der Waals surface area contributed by atoms with Crippen LogP contribution in [0.3, 0.4) is 0 Å². The molecule has 1 aromatic rings. The van der Waals surface area contributed by atoms with Crippen molar-refractivity contribution in [3.63, 3.8) is 0 Å². The average molecular weight is 259 g/mol. The predicted octanol–water partition coefficient (Wildman–Crippen LogP) is 0.610. The Hall–Kier alpha value is -1.90. The zero-order chi connectivity index (χ0) is 13.9. The third-order valence-electron chi connectivity index (χ3n) is 3.09. The van der Waals surface area contributed by atoms with Crippen molar-refractivity contribution in [3.05, 3.63) is 30.3 Å². The van der Waals surface area contributed by atoms with E-state index in [1.165, 1.54) is 4.90 Å². The van der Waals surface area contributed by atoms with Gasteiger partial charge in [0.05, 0.1) is 18.2 Å². The summed E-state index contributed by atoms with van der Waals surface area (Å²) in [6.07, 6.45) is 0.